The number of nitrogens with zero attached hydrogens (tertiary/aromatic N) is 2. The van der Waals surface area contributed by atoms with Crippen molar-refractivity contribution in [2.45, 2.75) is 6.92 Å². The van der Waals surface area contributed by atoms with Crippen molar-refractivity contribution in [3.8, 4) is 0 Å². The average molecular weight is 269 g/mol. The van der Waals surface area contributed by atoms with Crippen LogP contribution < -0.4 is 9.80 Å². The molecule has 1 aliphatic rings. The minimum atomic E-state index is 0.0320. The fraction of sp³-hybridized carbons (Fsp3) is 0.312. The Morgan fingerprint density at radius 2 is 1.90 bits per heavy atom. The highest BCUT2D eigenvalue weighted by Crippen LogP contribution is 2.33. The Kier molecular flexibility index (Phi) is 3.22. The fourth-order valence-electron chi connectivity index (χ4n) is 2.85. The zero-order valence-electron chi connectivity index (χ0n) is 11.8. The monoisotopic (exact) mass is 269 g/mol. The third-order valence-electron chi connectivity index (χ3n) is 3.74. The number of carbonyl (C=O) groups excluding carboxylic acids is 1. The van der Waals surface area contributed by atoms with E-state index in [-0.39, 0.29) is 5.91 Å². The van der Waals surface area contributed by atoms with Crippen LogP contribution in [0.15, 0.2) is 42.6 Å². The second-order valence-electron chi connectivity index (χ2n) is 5.47. The van der Waals surface area contributed by atoms with Crippen molar-refractivity contribution >= 4 is 17.3 Å². The normalized spacial score (nSPS) is 18.6. The first-order chi connectivity index (χ1) is 9.66. The van der Waals surface area contributed by atoms with Crippen LogP contribution in [0.3, 0.4) is 0 Å². The summed E-state index contributed by atoms with van der Waals surface area (Å²) in [5.74, 6) is 0.455. The number of carbonyl (C=O) groups is 1. The lowest BCUT2D eigenvalue weighted by Gasteiger charge is -2.24. The first-order valence-corrected chi connectivity index (χ1v) is 6.92. The maximum absolute atomic E-state index is 12.7. The highest BCUT2D eigenvalue weighted by Gasteiger charge is 2.27. The minimum Gasteiger partial charge on any atom is -0.373 e. The van der Waals surface area contributed by atoms with Crippen LogP contribution in [0.2, 0.25) is 0 Å². The molecule has 1 amide bonds. The third-order valence-corrected chi connectivity index (χ3v) is 3.74. The van der Waals surface area contributed by atoms with Gasteiger partial charge in [0.15, 0.2) is 0 Å². The maximum atomic E-state index is 12.7. The lowest BCUT2D eigenvalue weighted by molar-refractivity contribution is 0.0980. The van der Waals surface area contributed by atoms with Crippen molar-refractivity contribution in [2.75, 3.05) is 29.9 Å². The SMILES string of the molecule is CC1CN(C)c2ccccc2N(C(=O)c2ccc[nH]2)C1. The molecule has 1 aliphatic heterocycles. The van der Waals surface area contributed by atoms with Crippen molar-refractivity contribution in [3.05, 3.63) is 48.3 Å². The first-order valence-electron chi connectivity index (χ1n) is 6.92. The summed E-state index contributed by atoms with van der Waals surface area (Å²) < 4.78 is 0. The summed E-state index contributed by atoms with van der Waals surface area (Å²) >= 11 is 0. The number of nitrogens with one attached hydrogen (secondary N) is 1. The van der Waals surface area contributed by atoms with Gasteiger partial charge in [0, 0.05) is 26.3 Å². The number of rotatable bonds is 1. The summed E-state index contributed by atoms with van der Waals surface area (Å²) in [5.41, 5.74) is 2.73. The van der Waals surface area contributed by atoms with E-state index in [1.54, 1.807) is 6.20 Å². The fourth-order valence-corrected chi connectivity index (χ4v) is 2.85. The third kappa shape index (κ3) is 2.18. The Hall–Kier alpha value is -2.23. The molecule has 1 N–H and O–H groups in total. The van der Waals surface area contributed by atoms with Crippen molar-refractivity contribution in [2.24, 2.45) is 5.92 Å². The van der Waals surface area contributed by atoms with Gasteiger partial charge in [-0.1, -0.05) is 19.1 Å². The molecule has 0 bridgehead atoms. The van der Waals surface area contributed by atoms with Gasteiger partial charge in [-0.05, 0) is 30.2 Å². The topological polar surface area (TPSA) is 39.3 Å². The molecular weight excluding hydrogens is 250 g/mol. The van der Waals surface area contributed by atoms with Crippen molar-refractivity contribution in [1.29, 1.82) is 0 Å². The van der Waals surface area contributed by atoms with Crippen LogP contribution >= 0.6 is 0 Å². The quantitative estimate of drug-likeness (QED) is 0.864. The van der Waals surface area contributed by atoms with E-state index in [1.165, 1.54) is 0 Å². The molecule has 0 spiro atoms. The predicted octanol–water partition coefficient (Wildman–Crippen LogP) is 2.75. The van der Waals surface area contributed by atoms with Crippen molar-refractivity contribution < 1.29 is 4.79 Å². The molecule has 3 rings (SSSR count). The van der Waals surface area contributed by atoms with Gasteiger partial charge in [0.2, 0.25) is 0 Å². The summed E-state index contributed by atoms with van der Waals surface area (Å²) in [6.45, 7) is 3.86. The number of anilines is 2. The van der Waals surface area contributed by atoms with Crippen molar-refractivity contribution in [3.63, 3.8) is 0 Å². The predicted molar refractivity (Wildman–Crippen MR) is 81.3 cm³/mol. The van der Waals surface area contributed by atoms with Crippen LogP contribution in [-0.2, 0) is 0 Å². The molecule has 104 valence electrons. The lowest BCUT2D eigenvalue weighted by atomic mass is 10.1. The standard InChI is InChI=1S/C16H19N3O/c1-12-10-18(2)14-7-3-4-8-15(14)19(11-12)16(20)13-6-5-9-17-13/h3-9,12,17H,10-11H2,1-2H3. The number of H-pyrrole nitrogens is 1. The average Bonchev–Trinajstić information content (AvgIpc) is 2.94. The van der Waals surface area contributed by atoms with Crippen LogP contribution in [0.5, 0.6) is 0 Å². The molecule has 2 heterocycles. The summed E-state index contributed by atoms with van der Waals surface area (Å²) in [6, 6.07) is 11.8. The molecule has 0 saturated heterocycles. The second kappa shape index (κ2) is 5.04. The molecule has 1 aromatic carbocycles. The van der Waals surface area contributed by atoms with Crippen LogP contribution in [-0.4, -0.2) is 31.0 Å². The van der Waals surface area contributed by atoms with E-state index in [1.807, 2.05) is 35.2 Å². The first kappa shape index (κ1) is 12.8. The van der Waals surface area contributed by atoms with Gasteiger partial charge in [-0.3, -0.25) is 4.79 Å². The largest absolute Gasteiger partial charge is 0.373 e. The van der Waals surface area contributed by atoms with Crippen LogP contribution in [0, 0.1) is 5.92 Å². The number of amides is 1. The number of aromatic nitrogens is 1. The zero-order chi connectivity index (χ0) is 14.1. The molecule has 4 nitrogen and oxygen atoms in total. The van der Waals surface area contributed by atoms with Crippen LogP contribution in [0.1, 0.15) is 17.4 Å². The highest BCUT2D eigenvalue weighted by atomic mass is 16.2. The Morgan fingerprint density at radius 3 is 2.60 bits per heavy atom. The minimum absolute atomic E-state index is 0.0320. The summed E-state index contributed by atoms with van der Waals surface area (Å²) in [5, 5.41) is 0. The highest BCUT2D eigenvalue weighted by molar-refractivity contribution is 6.06. The Morgan fingerprint density at radius 1 is 1.15 bits per heavy atom. The molecular formula is C16H19N3O. The number of para-hydroxylation sites is 2. The molecule has 2 aromatic rings. The summed E-state index contributed by atoms with van der Waals surface area (Å²) in [7, 11) is 2.08. The zero-order valence-corrected chi connectivity index (χ0v) is 11.8. The maximum Gasteiger partial charge on any atom is 0.274 e. The number of benzene rings is 1. The van der Waals surface area contributed by atoms with Gasteiger partial charge in [-0.2, -0.15) is 0 Å². The molecule has 0 saturated carbocycles. The van der Waals surface area contributed by atoms with E-state index in [4.69, 9.17) is 0 Å². The van der Waals surface area contributed by atoms with Gasteiger partial charge < -0.3 is 14.8 Å². The number of hydrogen-bond donors (Lipinski definition) is 1. The van der Waals surface area contributed by atoms with E-state index in [2.05, 4.69) is 29.9 Å². The molecule has 1 aromatic heterocycles. The Labute approximate surface area is 119 Å². The molecule has 4 heteroatoms. The molecule has 1 unspecified atom stereocenters. The molecule has 0 radical (unpaired) electrons. The number of aromatic amines is 1. The molecule has 1 atom stereocenters. The lowest BCUT2D eigenvalue weighted by Crippen LogP contribution is -2.35. The number of hydrogen-bond acceptors (Lipinski definition) is 2. The van der Waals surface area contributed by atoms with Crippen LogP contribution in [0.25, 0.3) is 0 Å². The van der Waals surface area contributed by atoms with E-state index < -0.39 is 0 Å². The summed E-state index contributed by atoms with van der Waals surface area (Å²) in [4.78, 5) is 19.8. The van der Waals surface area contributed by atoms with E-state index in [0.29, 0.717) is 11.6 Å². The van der Waals surface area contributed by atoms with Gasteiger partial charge in [0.1, 0.15) is 5.69 Å². The summed E-state index contributed by atoms with van der Waals surface area (Å²) in [6.07, 6.45) is 1.78. The Balaban J connectivity index is 2.05. The molecule has 20 heavy (non-hydrogen) atoms. The van der Waals surface area contributed by atoms with E-state index >= 15 is 0 Å². The van der Waals surface area contributed by atoms with Gasteiger partial charge in [-0.15, -0.1) is 0 Å². The smallest absolute Gasteiger partial charge is 0.274 e. The molecule has 0 fully saturated rings. The van der Waals surface area contributed by atoms with Gasteiger partial charge >= 0.3 is 0 Å². The van der Waals surface area contributed by atoms with Crippen LogP contribution in [0.4, 0.5) is 11.4 Å². The van der Waals surface area contributed by atoms with Gasteiger partial charge in [0.05, 0.1) is 11.4 Å². The second-order valence-corrected chi connectivity index (χ2v) is 5.47. The van der Waals surface area contributed by atoms with Gasteiger partial charge in [-0.25, -0.2) is 0 Å². The van der Waals surface area contributed by atoms with Crippen molar-refractivity contribution in [1.82, 2.24) is 4.98 Å². The number of fused-ring (bicyclic) bond motifs is 1. The van der Waals surface area contributed by atoms with Gasteiger partial charge in [0.25, 0.3) is 5.91 Å². The van der Waals surface area contributed by atoms with E-state index in [9.17, 15) is 4.79 Å². The Bertz CT molecular complexity index is 606. The van der Waals surface area contributed by atoms with E-state index in [0.717, 1.165) is 24.5 Å². The molecule has 0 aliphatic carbocycles.